The van der Waals surface area contributed by atoms with E-state index < -0.39 is 6.04 Å². The number of carbonyl (C=O) groups excluding carboxylic acids is 2. The van der Waals surface area contributed by atoms with Gasteiger partial charge in [0.15, 0.2) is 11.5 Å². The Morgan fingerprint density at radius 2 is 1.67 bits per heavy atom. The smallest absolute Gasteiger partial charge is 0.242 e. The summed E-state index contributed by atoms with van der Waals surface area (Å²) >= 11 is 12.7. The van der Waals surface area contributed by atoms with Gasteiger partial charge >= 0.3 is 0 Å². The molecule has 0 heterocycles. The molecule has 180 valence electrons. The molecule has 33 heavy (non-hydrogen) atoms. The third kappa shape index (κ3) is 7.27. The Morgan fingerprint density at radius 1 is 1.03 bits per heavy atom. The molecule has 0 aliphatic rings. The summed E-state index contributed by atoms with van der Waals surface area (Å²) in [4.78, 5) is 27.7. The molecular formula is C25H32Cl2N2O4. The second kappa shape index (κ2) is 12.7. The summed E-state index contributed by atoms with van der Waals surface area (Å²) in [6.07, 6.45) is 1.48. The number of amides is 2. The summed E-state index contributed by atoms with van der Waals surface area (Å²) in [7, 11) is 3.14. The fourth-order valence-corrected chi connectivity index (χ4v) is 3.85. The first-order chi connectivity index (χ1) is 15.7. The molecule has 0 spiro atoms. The zero-order valence-corrected chi connectivity index (χ0v) is 21.3. The Hall–Kier alpha value is -2.44. The molecular weight excluding hydrogens is 463 g/mol. The lowest BCUT2D eigenvalue weighted by molar-refractivity contribution is -0.140. The number of nitrogens with one attached hydrogen (secondary N) is 1. The van der Waals surface area contributed by atoms with Crippen LogP contribution in [0.5, 0.6) is 11.5 Å². The van der Waals surface area contributed by atoms with E-state index in [1.807, 2.05) is 32.0 Å². The summed E-state index contributed by atoms with van der Waals surface area (Å²) in [5, 5.41) is 3.86. The number of rotatable bonds is 11. The highest BCUT2D eigenvalue weighted by Gasteiger charge is 2.28. The minimum atomic E-state index is -0.691. The van der Waals surface area contributed by atoms with E-state index in [9.17, 15) is 9.59 Å². The van der Waals surface area contributed by atoms with Crippen LogP contribution in [-0.2, 0) is 22.6 Å². The highest BCUT2D eigenvalue weighted by molar-refractivity contribution is 6.36. The lowest BCUT2D eigenvalue weighted by Gasteiger charge is -2.30. The van der Waals surface area contributed by atoms with Crippen molar-refractivity contribution in [3.8, 4) is 11.5 Å². The van der Waals surface area contributed by atoms with Crippen molar-refractivity contribution in [1.29, 1.82) is 0 Å². The third-order valence-corrected chi connectivity index (χ3v) is 6.34. The molecule has 2 atom stereocenters. The van der Waals surface area contributed by atoms with E-state index in [1.54, 1.807) is 39.3 Å². The molecule has 0 unspecified atom stereocenters. The van der Waals surface area contributed by atoms with Gasteiger partial charge in [-0.15, -0.1) is 0 Å². The van der Waals surface area contributed by atoms with Crippen LogP contribution in [0.1, 0.15) is 44.7 Å². The first-order valence-electron chi connectivity index (χ1n) is 10.9. The Balaban J connectivity index is 2.24. The minimum Gasteiger partial charge on any atom is -0.493 e. The molecule has 2 aromatic rings. The van der Waals surface area contributed by atoms with Crippen LogP contribution in [0.4, 0.5) is 0 Å². The second-order valence-electron chi connectivity index (χ2n) is 7.91. The molecule has 2 rings (SSSR count). The van der Waals surface area contributed by atoms with Crippen LogP contribution in [-0.4, -0.2) is 43.0 Å². The van der Waals surface area contributed by atoms with Gasteiger partial charge < -0.3 is 19.7 Å². The highest BCUT2D eigenvalue weighted by Crippen LogP contribution is 2.29. The molecule has 0 saturated heterocycles. The molecule has 2 aromatic carbocycles. The highest BCUT2D eigenvalue weighted by atomic mass is 35.5. The third-order valence-electron chi connectivity index (χ3n) is 5.63. The first kappa shape index (κ1) is 26.8. The molecule has 0 aromatic heterocycles. The topological polar surface area (TPSA) is 67.9 Å². The lowest BCUT2D eigenvalue weighted by Crippen LogP contribution is -2.49. The minimum absolute atomic E-state index is 0.00701. The van der Waals surface area contributed by atoms with Crippen LogP contribution in [0.3, 0.4) is 0 Å². The Bertz CT molecular complexity index is 947. The maximum atomic E-state index is 13.3. The predicted octanol–water partition coefficient (Wildman–Crippen LogP) is 5.28. The maximum Gasteiger partial charge on any atom is 0.242 e. The molecule has 0 fully saturated rings. The average Bonchev–Trinajstić information content (AvgIpc) is 2.81. The number of halogens is 2. The summed E-state index contributed by atoms with van der Waals surface area (Å²) in [5.41, 5.74) is 1.54. The van der Waals surface area contributed by atoms with E-state index in [2.05, 4.69) is 5.32 Å². The van der Waals surface area contributed by atoms with Gasteiger partial charge in [0.2, 0.25) is 11.8 Å². The number of nitrogens with zero attached hydrogens (tertiary/aromatic N) is 1. The zero-order valence-electron chi connectivity index (χ0n) is 19.8. The van der Waals surface area contributed by atoms with E-state index in [0.717, 1.165) is 12.0 Å². The van der Waals surface area contributed by atoms with Crippen molar-refractivity contribution in [3.05, 3.63) is 57.6 Å². The van der Waals surface area contributed by atoms with Gasteiger partial charge in [-0.05, 0) is 56.5 Å². The van der Waals surface area contributed by atoms with Crippen LogP contribution in [0.25, 0.3) is 0 Å². The first-order valence-corrected chi connectivity index (χ1v) is 11.7. The quantitative estimate of drug-likeness (QED) is 0.461. The second-order valence-corrected chi connectivity index (χ2v) is 8.72. The van der Waals surface area contributed by atoms with Crippen molar-refractivity contribution < 1.29 is 19.1 Å². The van der Waals surface area contributed by atoms with Gasteiger partial charge in [0.05, 0.1) is 14.2 Å². The summed E-state index contributed by atoms with van der Waals surface area (Å²) in [6.45, 7) is 5.78. The Labute approximate surface area is 206 Å². The van der Waals surface area contributed by atoms with Crippen molar-refractivity contribution in [1.82, 2.24) is 10.2 Å². The largest absolute Gasteiger partial charge is 0.493 e. The average molecular weight is 495 g/mol. The summed E-state index contributed by atoms with van der Waals surface area (Å²) in [5.74, 6) is 0.834. The van der Waals surface area contributed by atoms with Gasteiger partial charge in [-0.1, -0.05) is 42.3 Å². The number of aryl methyl sites for hydroxylation is 1. The number of benzene rings is 2. The molecule has 6 nitrogen and oxygen atoms in total. The van der Waals surface area contributed by atoms with Gasteiger partial charge in [0.25, 0.3) is 0 Å². The Morgan fingerprint density at radius 3 is 2.24 bits per heavy atom. The lowest BCUT2D eigenvalue weighted by atomic mass is 10.1. The van der Waals surface area contributed by atoms with E-state index in [1.165, 1.54) is 4.90 Å². The van der Waals surface area contributed by atoms with Crippen LogP contribution >= 0.6 is 23.2 Å². The monoisotopic (exact) mass is 494 g/mol. The van der Waals surface area contributed by atoms with Gasteiger partial charge in [0, 0.05) is 34.6 Å². The van der Waals surface area contributed by atoms with Gasteiger partial charge in [0.1, 0.15) is 6.04 Å². The van der Waals surface area contributed by atoms with Gasteiger partial charge in [-0.25, -0.2) is 0 Å². The fourth-order valence-electron chi connectivity index (χ4n) is 3.33. The van der Waals surface area contributed by atoms with E-state index in [4.69, 9.17) is 32.7 Å². The van der Waals surface area contributed by atoms with E-state index in [-0.39, 0.29) is 30.8 Å². The van der Waals surface area contributed by atoms with Crippen molar-refractivity contribution in [2.24, 2.45) is 0 Å². The van der Waals surface area contributed by atoms with Crippen LogP contribution in [0.2, 0.25) is 10.0 Å². The Kier molecular flexibility index (Phi) is 10.3. The van der Waals surface area contributed by atoms with Crippen LogP contribution in [0, 0.1) is 0 Å². The van der Waals surface area contributed by atoms with Crippen molar-refractivity contribution in [2.75, 3.05) is 14.2 Å². The van der Waals surface area contributed by atoms with Gasteiger partial charge in [-0.2, -0.15) is 0 Å². The molecule has 0 radical (unpaired) electrons. The van der Waals surface area contributed by atoms with Crippen molar-refractivity contribution >= 4 is 35.0 Å². The van der Waals surface area contributed by atoms with Crippen molar-refractivity contribution in [2.45, 2.75) is 58.7 Å². The molecule has 8 heteroatoms. The maximum absolute atomic E-state index is 13.3. The molecule has 0 aliphatic heterocycles. The number of methoxy groups -OCH3 is 2. The normalized spacial score (nSPS) is 12.6. The number of hydrogen-bond acceptors (Lipinski definition) is 4. The molecule has 1 N–H and O–H groups in total. The van der Waals surface area contributed by atoms with Gasteiger partial charge in [-0.3, -0.25) is 9.59 Å². The van der Waals surface area contributed by atoms with E-state index in [0.29, 0.717) is 33.5 Å². The summed E-state index contributed by atoms with van der Waals surface area (Å²) < 4.78 is 10.6. The predicted molar refractivity (Wildman–Crippen MR) is 132 cm³/mol. The van der Waals surface area contributed by atoms with E-state index >= 15 is 0 Å². The number of carbonyl (C=O) groups is 2. The van der Waals surface area contributed by atoms with Crippen molar-refractivity contribution in [3.63, 3.8) is 0 Å². The number of hydrogen-bond donors (Lipinski definition) is 1. The molecule has 0 aliphatic carbocycles. The summed E-state index contributed by atoms with van der Waals surface area (Å²) in [6, 6.07) is 10.1. The fraction of sp³-hybridized carbons (Fsp3) is 0.440. The zero-order chi connectivity index (χ0) is 24.5. The SMILES string of the molecule is CC[C@@H](C)NC(=O)[C@@H](C)N(Cc1c(Cl)cccc1Cl)C(=O)CCc1ccc(OC)c(OC)c1. The number of ether oxygens (including phenoxy) is 2. The molecule has 0 bridgehead atoms. The standard InChI is InChI=1S/C25H32Cl2N2O4/c1-6-16(2)28-25(31)17(3)29(15-19-20(26)8-7-9-21(19)27)24(30)13-11-18-10-12-22(32-4)23(14-18)33-5/h7-10,12,14,16-17H,6,11,13,15H2,1-5H3,(H,28,31)/t16-,17-/m1/s1. The molecule has 0 saturated carbocycles. The molecule has 2 amide bonds. The van der Waals surface area contributed by atoms with Crippen LogP contribution in [0.15, 0.2) is 36.4 Å². The van der Waals surface area contributed by atoms with Crippen LogP contribution < -0.4 is 14.8 Å².